The van der Waals surface area contributed by atoms with Crippen LogP contribution in [0.25, 0.3) is 10.8 Å². The molecule has 0 radical (unpaired) electrons. The molecule has 2 aliphatic rings. The summed E-state index contributed by atoms with van der Waals surface area (Å²) >= 11 is 0. The number of fused-ring (bicyclic) bond motifs is 2. The monoisotopic (exact) mass is 396 g/mol. The van der Waals surface area contributed by atoms with Crippen LogP contribution in [0.3, 0.4) is 0 Å². The number of carbonyl (C=O) groups excluding carboxylic acids is 3. The molecule has 9 nitrogen and oxygen atoms in total. The summed E-state index contributed by atoms with van der Waals surface area (Å²) in [7, 11) is 0. The average Bonchev–Trinajstić information content (AvgIpc) is 2.85. The molecule has 2 atom stereocenters. The van der Waals surface area contributed by atoms with Gasteiger partial charge in [0.2, 0.25) is 5.91 Å². The Bertz CT molecular complexity index is 1000. The van der Waals surface area contributed by atoms with E-state index in [1.807, 2.05) is 12.1 Å². The second-order valence-corrected chi connectivity index (χ2v) is 7.14. The lowest BCUT2D eigenvalue weighted by atomic mass is 10.1. The third-order valence-corrected chi connectivity index (χ3v) is 5.34. The number of carboxylic acid groups (broad SMARTS) is 1. The molecule has 0 saturated carbocycles. The van der Waals surface area contributed by atoms with Crippen molar-refractivity contribution in [1.29, 1.82) is 0 Å². The largest absolute Gasteiger partial charge is 0.480 e. The first kappa shape index (κ1) is 18.9. The predicted octanol–water partition coefficient (Wildman–Crippen LogP) is 0.946. The number of hydrogen-bond acceptors (Lipinski definition) is 5. The van der Waals surface area contributed by atoms with Crippen molar-refractivity contribution in [3.8, 4) is 0 Å². The summed E-state index contributed by atoms with van der Waals surface area (Å²) in [6.07, 6.45) is 2.43. The van der Waals surface area contributed by atoms with Gasteiger partial charge in [0, 0.05) is 24.5 Å². The first-order chi connectivity index (χ1) is 14.0. The van der Waals surface area contributed by atoms with Gasteiger partial charge in [-0.1, -0.05) is 24.3 Å². The number of aliphatic carboxylic acids is 1. The molecule has 2 aliphatic heterocycles. The number of hydrazine groups is 1. The lowest BCUT2D eigenvalue weighted by Gasteiger charge is -2.41. The summed E-state index contributed by atoms with van der Waals surface area (Å²) < 4.78 is 0. The third kappa shape index (κ3) is 3.39. The molecular weight excluding hydrogens is 376 g/mol. The van der Waals surface area contributed by atoms with Gasteiger partial charge in [0.1, 0.15) is 11.7 Å². The number of benzene rings is 1. The number of rotatable bonds is 3. The van der Waals surface area contributed by atoms with Crippen molar-refractivity contribution in [3.05, 3.63) is 42.2 Å². The van der Waals surface area contributed by atoms with E-state index in [1.165, 1.54) is 11.2 Å². The molecule has 2 N–H and O–H groups in total. The molecule has 2 aromatic rings. The average molecular weight is 396 g/mol. The number of nitrogens with one attached hydrogen (secondary N) is 1. The van der Waals surface area contributed by atoms with Crippen LogP contribution >= 0.6 is 0 Å². The Kier molecular flexibility index (Phi) is 4.87. The Morgan fingerprint density at radius 2 is 1.93 bits per heavy atom. The van der Waals surface area contributed by atoms with E-state index in [2.05, 4.69) is 10.3 Å². The van der Waals surface area contributed by atoms with E-state index < -0.39 is 29.9 Å². The highest BCUT2D eigenvalue weighted by molar-refractivity contribution is 6.06. The lowest BCUT2D eigenvalue weighted by molar-refractivity contribution is -0.180. The Morgan fingerprint density at radius 1 is 1.14 bits per heavy atom. The first-order valence-corrected chi connectivity index (χ1v) is 9.48. The molecule has 0 unspecified atom stereocenters. The van der Waals surface area contributed by atoms with Crippen molar-refractivity contribution in [2.45, 2.75) is 37.8 Å². The SMILES string of the molecule is O=C(N[C@H]1CCC(=O)N2CCC[C@@H](C(=O)O)N2C1=O)c1nccc2ccccc12. The van der Waals surface area contributed by atoms with Crippen LogP contribution in [0.4, 0.5) is 0 Å². The number of hydrogen-bond donors (Lipinski definition) is 2. The summed E-state index contributed by atoms with van der Waals surface area (Å²) in [6.45, 7) is 0.292. The maximum absolute atomic E-state index is 13.1. The molecule has 150 valence electrons. The van der Waals surface area contributed by atoms with Gasteiger partial charge in [-0.25, -0.2) is 9.80 Å². The van der Waals surface area contributed by atoms with Crippen molar-refractivity contribution >= 4 is 34.5 Å². The molecule has 29 heavy (non-hydrogen) atoms. The normalized spacial score (nSPS) is 22.2. The van der Waals surface area contributed by atoms with Crippen molar-refractivity contribution in [2.24, 2.45) is 0 Å². The zero-order chi connectivity index (χ0) is 20.5. The second kappa shape index (κ2) is 7.50. The maximum atomic E-state index is 13.1. The Hall–Kier alpha value is -3.49. The number of amides is 3. The molecule has 3 amide bonds. The van der Waals surface area contributed by atoms with Crippen LogP contribution in [0.1, 0.15) is 36.2 Å². The standard InChI is InChI=1S/C20H20N4O5/c25-16-8-7-14(19(27)24-15(20(28)29)6-3-11-23(16)24)22-18(26)17-13-5-2-1-4-12(13)9-10-21-17/h1-2,4-5,9-10,14-15H,3,6-8,11H2,(H,22,26)(H,28,29)/t14-,15-/m0/s1. The van der Waals surface area contributed by atoms with E-state index in [0.717, 1.165) is 10.4 Å². The summed E-state index contributed by atoms with van der Waals surface area (Å²) in [5, 5.41) is 15.9. The summed E-state index contributed by atoms with van der Waals surface area (Å²) in [4.78, 5) is 54.2. The predicted molar refractivity (Wildman–Crippen MR) is 101 cm³/mol. The van der Waals surface area contributed by atoms with E-state index in [9.17, 15) is 24.3 Å². The topological polar surface area (TPSA) is 120 Å². The molecule has 9 heteroatoms. The summed E-state index contributed by atoms with van der Waals surface area (Å²) in [6, 6.07) is 6.92. The molecule has 4 rings (SSSR count). The minimum absolute atomic E-state index is 0.0441. The molecular formula is C20H20N4O5. The minimum Gasteiger partial charge on any atom is -0.480 e. The van der Waals surface area contributed by atoms with E-state index >= 15 is 0 Å². The number of pyridine rings is 1. The fourth-order valence-corrected chi connectivity index (χ4v) is 3.92. The molecule has 2 saturated heterocycles. The van der Waals surface area contributed by atoms with Crippen LogP contribution in [0.2, 0.25) is 0 Å². The second-order valence-electron chi connectivity index (χ2n) is 7.14. The molecule has 2 fully saturated rings. The smallest absolute Gasteiger partial charge is 0.328 e. The van der Waals surface area contributed by atoms with Gasteiger partial charge < -0.3 is 10.4 Å². The lowest BCUT2D eigenvalue weighted by Crippen LogP contribution is -2.62. The molecule has 0 spiro atoms. The van der Waals surface area contributed by atoms with Crippen LogP contribution in [0.5, 0.6) is 0 Å². The van der Waals surface area contributed by atoms with Crippen LogP contribution in [0, 0.1) is 0 Å². The molecule has 0 bridgehead atoms. The molecule has 1 aromatic heterocycles. The van der Waals surface area contributed by atoms with Crippen LogP contribution in [0.15, 0.2) is 36.5 Å². The quantitative estimate of drug-likeness (QED) is 0.797. The highest BCUT2D eigenvalue weighted by Crippen LogP contribution is 2.25. The van der Waals surface area contributed by atoms with Crippen molar-refractivity contribution in [2.75, 3.05) is 6.54 Å². The number of aromatic nitrogens is 1. The van der Waals surface area contributed by atoms with E-state index in [-0.39, 0.29) is 30.9 Å². The van der Waals surface area contributed by atoms with Crippen molar-refractivity contribution < 1.29 is 24.3 Å². The van der Waals surface area contributed by atoms with E-state index in [1.54, 1.807) is 18.2 Å². The highest BCUT2D eigenvalue weighted by Gasteiger charge is 2.44. The van der Waals surface area contributed by atoms with Crippen LogP contribution < -0.4 is 5.32 Å². The minimum atomic E-state index is -1.17. The number of carbonyl (C=O) groups is 4. The third-order valence-electron chi connectivity index (χ3n) is 5.34. The molecule has 0 aliphatic carbocycles. The first-order valence-electron chi connectivity index (χ1n) is 9.48. The van der Waals surface area contributed by atoms with E-state index in [4.69, 9.17) is 0 Å². The van der Waals surface area contributed by atoms with Gasteiger partial charge in [-0.3, -0.25) is 24.4 Å². The van der Waals surface area contributed by atoms with Gasteiger partial charge >= 0.3 is 5.97 Å². The Labute approximate surface area is 166 Å². The van der Waals surface area contributed by atoms with Gasteiger partial charge in [-0.15, -0.1) is 0 Å². The summed E-state index contributed by atoms with van der Waals surface area (Å²) in [5.41, 5.74) is 0.178. The fourth-order valence-electron chi connectivity index (χ4n) is 3.92. The number of carboxylic acids is 1. The highest BCUT2D eigenvalue weighted by atomic mass is 16.4. The van der Waals surface area contributed by atoms with Crippen molar-refractivity contribution in [1.82, 2.24) is 20.3 Å². The molecule has 3 heterocycles. The van der Waals surface area contributed by atoms with E-state index in [0.29, 0.717) is 18.4 Å². The van der Waals surface area contributed by atoms with Gasteiger partial charge in [-0.2, -0.15) is 0 Å². The number of nitrogens with zero attached hydrogens (tertiary/aromatic N) is 3. The maximum Gasteiger partial charge on any atom is 0.328 e. The Balaban J connectivity index is 1.62. The van der Waals surface area contributed by atoms with Gasteiger partial charge in [0.15, 0.2) is 6.04 Å². The zero-order valence-corrected chi connectivity index (χ0v) is 15.6. The summed E-state index contributed by atoms with van der Waals surface area (Å²) in [5.74, 6) is -2.61. The van der Waals surface area contributed by atoms with Gasteiger partial charge in [0.25, 0.3) is 11.8 Å². The van der Waals surface area contributed by atoms with Gasteiger partial charge in [-0.05, 0) is 30.7 Å². The van der Waals surface area contributed by atoms with Crippen LogP contribution in [-0.4, -0.2) is 62.4 Å². The Morgan fingerprint density at radius 3 is 2.72 bits per heavy atom. The zero-order valence-electron chi connectivity index (χ0n) is 15.6. The fraction of sp³-hybridized carbons (Fsp3) is 0.350. The van der Waals surface area contributed by atoms with Gasteiger partial charge in [0.05, 0.1) is 0 Å². The van der Waals surface area contributed by atoms with Crippen molar-refractivity contribution in [3.63, 3.8) is 0 Å². The molecule has 1 aromatic carbocycles. The van der Waals surface area contributed by atoms with Crippen LogP contribution in [-0.2, 0) is 14.4 Å².